The van der Waals surface area contributed by atoms with E-state index in [1.165, 1.54) is 22.0 Å². The van der Waals surface area contributed by atoms with Crippen LogP contribution in [0.4, 0.5) is 5.69 Å². The van der Waals surface area contributed by atoms with Crippen LogP contribution in [0.2, 0.25) is 0 Å². The standard InChI is InChI=1S/C18H21N5O2S/c1-3-4-13-5-7-14(8-6-13)20-16(24)11-26-18-22-21-17(23(18)19)15-9-10-25-12(15)2/h5-10H,3-4,11,19H2,1-2H3,(H,20,24). The zero-order valence-electron chi connectivity index (χ0n) is 14.7. The predicted molar refractivity (Wildman–Crippen MR) is 102 cm³/mol. The van der Waals surface area contributed by atoms with Crippen LogP contribution in [-0.2, 0) is 11.2 Å². The van der Waals surface area contributed by atoms with Gasteiger partial charge in [0.1, 0.15) is 5.76 Å². The fourth-order valence-electron chi connectivity index (χ4n) is 2.55. The Bertz CT molecular complexity index is 885. The van der Waals surface area contributed by atoms with Gasteiger partial charge in [-0.25, -0.2) is 4.68 Å². The molecular formula is C18H21N5O2S. The van der Waals surface area contributed by atoms with Crippen LogP contribution < -0.4 is 11.2 Å². The van der Waals surface area contributed by atoms with Crippen LogP contribution in [0.1, 0.15) is 24.7 Å². The number of carbonyl (C=O) groups is 1. The molecule has 0 saturated heterocycles. The molecule has 2 heterocycles. The van der Waals surface area contributed by atoms with Gasteiger partial charge in [-0.15, -0.1) is 10.2 Å². The second-order valence-corrected chi connectivity index (χ2v) is 6.79. The summed E-state index contributed by atoms with van der Waals surface area (Å²) in [5.41, 5.74) is 2.82. The molecule has 0 aliphatic rings. The number of aromatic nitrogens is 3. The summed E-state index contributed by atoms with van der Waals surface area (Å²) in [6.45, 7) is 3.97. The van der Waals surface area contributed by atoms with E-state index in [-0.39, 0.29) is 11.7 Å². The Hall–Kier alpha value is -2.74. The molecule has 3 rings (SSSR count). The third-order valence-corrected chi connectivity index (χ3v) is 4.82. The first-order chi connectivity index (χ1) is 12.6. The Balaban J connectivity index is 1.58. The summed E-state index contributed by atoms with van der Waals surface area (Å²) in [7, 11) is 0. The van der Waals surface area contributed by atoms with Gasteiger partial charge in [-0.2, -0.15) is 0 Å². The highest BCUT2D eigenvalue weighted by Gasteiger charge is 2.16. The largest absolute Gasteiger partial charge is 0.469 e. The summed E-state index contributed by atoms with van der Waals surface area (Å²) in [6, 6.07) is 9.67. The third kappa shape index (κ3) is 4.08. The van der Waals surface area contributed by atoms with Gasteiger partial charge in [0.25, 0.3) is 0 Å². The minimum atomic E-state index is -0.123. The van der Waals surface area contributed by atoms with E-state index in [0.29, 0.717) is 16.7 Å². The van der Waals surface area contributed by atoms with Crippen LogP contribution in [0.3, 0.4) is 0 Å². The van der Waals surface area contributed by atoms with Crippen LogP contribution in [0.15, 0.2) is 46.2 Å². The van der Waals surface area contributed by atoms with Gasteiger partial charge in [-0.05, 0) is 37.1 Å². The number of anilines is 1. The van der Waals surface area contributed by atoms with Crippen molar-refractivity contribution < 1.29 is 9.21 Å². The number of nitrogens with zero attached hydrogens (tertiary/aromatic N) is 3. The van der Waals surface area contributed by atoms with Gasteiger partial charge in [-0.3, -0.25) is 4.79 Å². The normalized spacial score (nSPS) is 10.8. The Morgan fingerprint density at radius 3 is 2.69 bits per heavy atom. The Kier molecular flexibility index (Phi) is 5.62. The molecule has 26 heavy (non-hydrogen) atoms. The average molecular weight is 371 g/mol. The van der Waals surface area contributed by atoms with Crippen LogP contribution in [0.25, 0.3) is 11.4 Å². The highest BCUT2D eigenvalue weighted by Crippen LogP contribution is 2.25. The molecule has 0 saturated carbocycles. The first-order valence-corrected chi connectivity index (χ1v) is 9.33. The van der Waals surface area contributed by atoms with Crippen LogP contribution >= 0.6 is 11.8 Å². The zero-order chi connectivity index (χ0) is 18.5. The number of benzene rings is 1. The van der Waals surface area contributed by atoms with E-state index in [9.17, 15) is 4.79 Å². The molecule has 7 nitrogen and oxygen atoms in total. The third-order valence-electron chi connectivity index (χ3n) is 3.87. The maximum absolute atomic E-state index is 12.2. The lowest BCUT2D eigenvalue weighted by atomic mass is 10.1. The van der Waals surface area contributed by atoms with E-state index in [1.807, 2.05) is 31.2 Å². The second-order valence-electron chi connectivity index (χ2n) is 5.85. The summed E-state index contributed by atoms with van der Waals surface area (Å²) in [4.78, 5) is 12.2. The Morgan fingerprint density at radius 1 is 1.27 bits per heavy atom. The SMILES string of the molecule is CCCc1ccc(NC(=O)CSc2nnc(-c3ccoc3C)n2N)cc1. The molecule has 1 aromatic carbocycles. The molecule has 0 unspecified atom stereocenters. The van der Waals surface area contributed by atoms with Crippen molar-refractivity contribution in [3.05, 3.63) is 47.9 Å². The van der Waals surface area contributed by atoms with Crippen molar-refractivity contribution in [1.29, 1.82) is 0 Å². The highest BCUT2D eigenvalue weighted by atomic mass is 32.2. The molecule has 136 valence electrons. The number of hydrogen-bond acceptors (Lipinski definition) is 6. The molecule has 3 aromatic rings. The summed E-state index contributed by atoms with van der Waals surface area (Å²) in [5.74, 6) is 7.33. The monoisotopic (exact) mass is 371 g/mol. The molecule has 1 amide bonds. The summed E-state index contributed by atoms with van der Waals surface area (Å²) < 4.78 is 6.63. The molecule has 0 spiro atoms. The maximum atomic E-state index is 12.2. The molecular weight excluding hydrogens is 350 g/mol. The number of nitrogen functional groups attached to an aromatic ring is 1. The Morgan fingerprint density at radius 2 is 2.04 bits per heavy atom. The molecule has 0 fully saturated rings. The molecule has 0 atom stereocenters. The van der Waals surface area contributed by atoms with Crippen LogP contribution in [0, 0.1) is 6.92 Å². The number of carbonyl (C=O) groups excluding carboxylic acids is 1. The summed E-state index contributed by atoms with van der Waals surface area (Å²) >= 11 is 1.23. The minimum Gasteiger partial charge on any atom is -0.469 e. The number of aryl methyl sites for hydroxylation is 2. The lowest BCUT2D eigenvalue weighted by molar-refractivity contribution is -0.113. The molecule has 0 aliphatic heterocycles. The first-order valence-electron chi connectivity index (χ1n) is 8.35. The molecule has 2 aromatic heterocycles. The topological polar surface area (TPSA) is 99.0 Å². The zero-order valence-corrected chi connectivity index (χ0v) is 15.5. The summed E-state index contributed by atoms with van der Waals surface area (Å²) in [5, 5.41) is 11.5. The molecule has 3 N–H and O–H groups in total. The van der Waals surface area contributed by atoms with Gasteiger partial charge in [-0.1, -0.05) is 37.2 Å². The van der Waals surface area contributed by atoms with E-state index in [1.54, 1.807) is 12.3 Å². The predicted octanol–water partition coefficient (Wildman–Crippen LogP) is 3.24. The highest BCUT2D eigenvalue weighted by molar-refractivity contribution is 7.99. The number of thioether (sulfide) groups is 1. The number of nitrogens with one attached hydrogen (secondary N) is 1. The molecule has 0 aliphatic carbocycles. The van der Waals surface area contributed by atoms with Crippen LogP contribution in [0.5, 0.6) is 0 Å². The smallest absolute Gasteiger partial charge is 0.234 e. The number of furan rings is 1. The van der Waals surface area contributed by atoms with E-state index >= 15 is 0 Å². The minimum absolute atomic E-state index is 0.123. The number of nitrogens with two attached hydrogens (primary N) is 1. The van der Waals surface area contributed by atoms with Crippen molar-refractivity contribution in [2.75, 3.05) is 16.9 Å². The van der Waals surface area contributed by atoms with E-state index in [0.717, 1.165) is 24.1 Å². The van der Waals surface area contributed by atoms with Crippen molar-refractivity contribution in [3.8, 4) is 11.4 Å². The molecule has 0 bridgehead atoms. The van der Waals surface area contributed by atoms with Gasteiger partial charge in [0.05, 0.1) is 17.6 Å². The van der Waals surface area contributed by atoms with Crippen molar-refractivity contribution in [3.63, 3.8) is 0 Å². The lowest BCUT2D eigenvalue weighted by Crippen LogP contribution is -2.16. The quantitative estimate of drug-likeness (QED) is 0.489. The first kappa shape index (κ1) is 18.1. The maximum Gasteiger partial charge on any atom is 0.234 e. The van der Waals surface area contributed by atoms with Crippen molar-refractivity contribution >= 4 is 23.4 Å². The van der Waals surface area contributed by atoms with Crippen LogP contribution in [-0.4, -0.2) is 26.5 Å². The molecule has 0 radical (unpaired) electrons. The average Bonchev–Trinajstić information content (AvgIpc) is 3.20. The van der Waals surface area contributed by atoms with Gasteiger partial charge >= 0.3 is 0 Å². The fraction of sp³-hybridized carbons (Fsp3) is 0.278. The second kappa shape index (κ2) is 8.09. The fourth-order valence-corrected chi connectivity index (χ4v) is 3.20. The Labute approximate surface area is 156 Å². The number of hydrogen-bond donors (Lipinski definition) is 2. The summed E-state index contributed by atoms with van der Waals surface area (Å²) in [6.07, 6.45) is 3.71. The van der Waals surface area contributed by atoms with Crippen molar-refractivity contribution in [1.82, 2.24) is 14.9 Å². The lowest BCUT2D eigenvalue weighted by Gasteiger charge is -2.06. The van der Waals surface area contributed by atoms with Gasteiger partial charge in [0.2, 0.25) is 11.1 Å². The van der Waals surface area contributed by atoms with Crippen molar-refractivity contribution in [2.24, 2.45) is 0 Å². The van der Waals surface area contributed by atoms with Crippen molar-refractivity contribution in [2.45, 2.75) is 31.8 Å². The van der Waals surface area contributed by atoms with E-state index < -0.39 is 0 Å². The van der Waals surface area contributed by atoms with Gasteiger partial charge < -0.3 is 15.6 Å². The number of amides is 1. The number of rotatable bonds is 7. The van der Waals surface area contributed by atoms with E-state index in [2.05, 4.69) is 22.4 Å². The van der Waals surface area contributed by atoms with Gasteiger partial charge in [0.15, 0.2) is 5.82 Å². The molecule has 8 heteroatoms. The van der Waals surface area contributed by atoms with E-state index in [4.69, 9.17) is 10.3 Å². The van der Waals surface area contributed by atoms with Gasteiger partial charge in [0, 0.05) is 5.69 Å².